The highest BCUT2D eigenvalue weighted by molar-refractivity contribution is 5.68. The van der Waals surface area contributed by atoms with Gasteiger partial charge in [0.2, 0.25) is 5.95 Å². The summed E-state index contributed by atoms with van der Waals surface area (Å²) in [5.74, 6) is -1.26. The van der Waals surface area contributed by atoms with Crippen molar-refractivity contribution in [2.45, 2.75) is 32.0 Å². The van der Waals surface area contributed by atoms with Gasteiger partial charge in [0, 0.05) is 12.2 Å². The van der Waals surface area contributed by atoms with Crippen molar-refractivity contribution in [3.8, 4) is 0 Å². The highest BCUT2D eigenvalue weighted by Crippen LogP contribution is 2.27. The third-order valence-corrected chi connectivity index (χ3v) is 2.19. The number of carboxylic acids is 1. The zero-order valence-electron chi connectivity index (χ0n) is 9.53. The van der Waals surface area contributed by atoms with Crippen LogP contribution >= 0.6 is 0 Å². The van der Waals surface area contributed by atoms with Crippen LogP contribution in [0.1, 0.15) is 25.5 Å². The van der Waals surface area contributed by atoms with E-state index in [-0.39, 0.29) is 12.4 Å². The van der Waals surface area contributed by atoms with Gasteiger partial charge in [-0.05, 0) is 12.5 Å². The lowest BCUT2D eigenvalue weighted by atomic mass is 10.1. The lowest BCUT2D eigenvalue weighted by Gasteiger charge is -2.15. The fourth-order valence-electron chi connectivity index (χ4n) is 1.28. The van der Waals surface area contributed by atoms with Crippen molar-refractivity contribution >= 4 is 11.9 Å². The summed E-state index contributed by atoms with van der Waals surface area (Å²) in [5.41, 5.74) is -1.06. The Morgan fingerprint density at radius 3 is 2.72 bits per heavy atom. The molecule has 100 valence electrons. The number of aromatic nitrogens is 2. The van der Waals surface area contributed by atoms with E-state index in [1.165, 1.54) is 0 Å². The van der Waals surface area contributed by atoms with Gasteiger partial charge in [-0.3, -0.25) is 4.79 Å². The average molecular weight is 263 g/mol. The predicted octanol–water partition coefficient (Wildman–Crippen LogP) is 2.16. The third-order valence-electron chi connectivity index (χ3n) is 2.19. The average Bonchev–Trinajstić information content (AvgIpc) is 2.26. The van der Waals surface area contributed by atoms with Crippen LogP contribution in [-0.2, 0) is 11.0 Å². The number of carboxylic acid groups (broad SMARTS) is 1. The number of hydrogen-bond acceptors (Lipinski definition) is 4. The minimum atomic E-state index is -4.55. The number of carbonyl (C=O) groups is 1. The Hall–Kier alpha value is -1.86. The van der Waals surface area contributed by atoms with E-state index in [0.717, 1.165) is 12.3 Å². The Morgan fingerprint density at radius 2 is 2.22 bits per heavy atom. The summed E-state index contributed by atoms with van der Waals surface area (Å²) in [4.78, 5) is 17.5. The van der Waals surface area contributed by atoms with Gasteiger partial charge in [0.1, 0.15) is 5.69 Å². The van der Waals surface area contributed by atoms with Gasteiger partial charge in [-0.15, -0.1) is 0 Å². The molecule has 0 saturated heterocycles. The monoisotopic (exact) mass is 263 g/mol. The lowest BCUT2D eigenvalue weighted by Crippen LogP contribution is -2.24. The quantitative estimate of drug-likeness (QED) is 0.851. The summed E-state index contributed by atoms with van der Waals surface area (Å²) in [5, 5.41) is 11.2. The van der Waals surface area contributed by atoms with E-state index in [4.69, 9.17) is 5.11 Å². The van der Waals surface area contributed by atoms with Crippen LogP contribution < -0.4 is 5.32 Å². The summed E-state index contributed by atoms with van der Waals surface area (Å²) in [6.45, 7) is 1.72. The van der Waals surface area contributed by atoms with Crippen molar-refractivity contribution in [1.82, 2.24) is 9.97 Å². The molecule has 0 aliphatic rings. The molecule has 0 spiro atoms. The minimum absolute atomic E-state index is 0.212. The van der Waals surface area contributed by atoms with Gasteiger partial charge >= 0.3 is 12.1 Å². The number of nitrogens with zero attached hydrogens (tertiary/aromatic N) is 2. The first-order valence-electron chi connectivity index (χ1n) is 5.21. The minimum Gasteiger partial charge on any atom is -0.481 e. The molecular formula is C10H12F3N3O2. The third kappa shape index (κ3) is 4.19. The summed E-state index contributed by atoms with van der Waals surface area (Å²) >= 11 is 0. The smallest absolute Gasteiger partial charge is 0.433 e. The normalized spacial score (nSPS) is 13.1. The number of anilines is 1. The van der Waals surface area contributed by atoms with E-state index in [9.17, 15) is 18.0 Å². The molecule has 0 saturated carbocycles. The van der Waals surface area contributed by atoms with E-state index in [1.54, 1.807) is 6.92 Å². The molecule has 1 atom stereocenters. The van der Waals surface area contributed by atoms with Gasteiger partial charge in [-0.1, -0.05) is 6.92 Å². The first-order valence-corrected chi connectivity index (χ1v) is 5.21. The molecule has 8 heteroatoms. The number of rotatable bonds is 5. The van der Waals surface area contributed by atoms with Crippen LogP contribution in [0.3, 0.4) is 0 Å². The Balaban J connectivity index is 2.81. The molecular weight excluding hydrogens is 251 g/mol. The fourth-order valence-corrected chi connectivity index (χ4v) is 1.28. The van der Waals surface area contributed by atoms with Crippen LogP contribution in [0.25, 0.3) is 0 Å². The molecule has 0 aliphatic heterocycles. The van der Waals surface area contributed by atoms with E-state index in [1.807, 2.05) is 0 Å². The molecule has 5 nitrogen and oxygen atoms in total. The molecule has 1 heterocycles. The standard InChI is InChI=1S/C10H12F3N3O2/c1-2-6(5-8(17)18)15-9-14-4-3-7(16-9)10(11,12)13/h3-4,6H,2,5H2,1H3,(H,17,18)(H,14,15,16). The molecule has 1 rings (SSSR count). The second kappa shape index (κ2) is 5.65. The van der Waals surface area contributed by atoms with Crippen molar-refractivity contribution in [3.05, 3.63) is 18.0 Å². The van der Waals surface area contributed by atoms with Gasteiger partial charge in [0.15, 0.2) is 0 Å². The SMILES string of the molecule is CCC(CC(=O)O)Nc1nccc(C(F)(F)F)n1. The molecule has 0 fully saturated rings. The van der Waals surface area contributed by atoms with Crippen LogP contribution in [0.15, 0.2) is 12.3 Å². The molecule has 2 N–H and O–H groups in total. The fraction of sp³-hybridized carbons (Fsp3) is 0.500. The van der Waals surface area contributed by atoms with Crippen molar-refractivity contribution < 1.29 is 23.1 Å². The molecule has 0 aromatic carbocycles. The molecule has 0 aliphatic carbocycles. The van der Waals surface area contributed by atoms with Crippen molar-refractivity contribution in [3.63, 3.8) is 0 Å². The van der Waals surface area contributed by atoms with E-state index >= 15 is 0 Å². The number of alkyl halides is 3. The maximum Gasteiger partial charge on any atom is 0.433 e. The van der Waals surface area contributed by atoms with Crippen LogP contribution in [0.2, 0.25) is 0 Å². The number of nitrogens with one attached hydrogen (secondary N) is 1. The van der Waals surface area contributed by atoms with Crippen molar-refractivity contribution in [1.29, 1.82) is 0 Å². The van der Waals surface area contributed by atoms with Gasteiger partial charge in [0.25, 0.3) is 0 Å². The number of halogens is 3. The highest BCUT2D eigenvalue weighted by atomic mass is 19.4. The van der Waals surface area contributed by atoms with E-state index < -0.39 is 23.9 Å². The number of hydrogen-bond donors (Lipinski definition) is 2. The molecule has 0 radical (unpaired) electrons. The lowest BCUT2D eigenvalue weighted by molar-refractivity contribution is -0.141. The summed E-state index contributed by atoms with van der Waals surface area (Å²) < 4.78 is 37.2. The van der Waals surface area contributed by atoms with Crippen LogP contribution in [0.4, 0.5) is 19.1 Å². The first-order chi connectivity index (χ1) is 8.32. The molecule has 0 amide bonds. The van der Waals surface area contributed by atoms with Gasteiger partial charge in [-0.2, -0.15) is 13.2 Å². The Bertz CT molecular complexity index is 423. The zero-order chi connectivity index (χ0) is 13.8. The number of aliphatic carboxylic acids is 1. The molecule has 1 aromatic heterocycles. The summed E-state index contributed by atoms with van der Waals surface area (Å²) in [7, 11) is 0. The molecule has 0 bridgehead atoms. The maximum atomic E-state index is 12.4. The highest BCUT2D eigenvalue weighted by Gasteiger charge is 2.32. The van der Waals surface area contributed by atoms with Gasteiger partial charge in [-0.25, -0.2) is 9.97 Å². The summed E-state index contributed by atoms with van der Waals surface area (Å²) in [6, 6.07) is 0.245. The Kier molecular flexibility index (Phi) is 4.46. The van der Waals surface area contributed by atoms with E-state index in [0.29, 0.717) is 6.42 Å². The predicted molar refractivity (Wildman–Crippen MR) is 57.0 cm³/mol. The van der Waals surface area contributed by atoms with E-state index in [2.05, 4.69) is 15.3 Å². The summed E-state index contributed by atoms with van der Waals surface area (Å²) in [6.07, 6.45) is -3.35. The maximum absolute atomic E-state index is 12.4. The molecule has 1 aromatic rings. The van der Waals surface area contributed by atoms with Crippen LogP contribution in [-0.4, -0.2) is 27.1 Å². The first kappa shape index (κ1) is 14.2. The molecule has 1 unspecified atom stereocenters. The second-order valence-electron chi connectivity index (χ2n) is 3.61. The van der Waals surface area contributed by atoms with Gasteiger partial charge in [0.05, 0.1) is 6.42 Å². The Morgan fingerprint density at radius 1 is 1.56 bits per heavy atom. The zero-order valence-corrected chi connectivity index (χ0v) is 9.53. The largest absolute Gasteiger partial charge is 0.481 e. The van der Waals surface area contributed by atoms with Gasteiger partial charge < -0.3 is 10.4 Å². The van der Waals surface area contributed by atoms with Crippen molar-refractivity contribution in [2.24, 2.45) is 0 Å². The molecule has 18 heavy (non-hydrogen) atoms. The Labute approximate surface area is 101 Å². The van der Waals surface area contributed by atoms with Crippen LogP contribution in [0, 0.1) is 0 Å². The van der Waals surface area contributed by atoms with Crippen molar-refractivity contribution in [2.75, 3.05) is 5.32 Å². The van der Waals surface area contributed by atoms with Crippen LogP contribution in [0.5, 0.6) is 0 Å². The topological polar surface area (TPSA) is 75.1 Å². The second-order valence-corrected chi connectivity index (χ2v) is 3.61.